The van der Waals surface area contributed by atoms with Crippen LogP contribution in [0.15, 0.2) is 24.3 Å². The van der Waals surface area contributed by atoms with Gasteiger partial charge in [0, 0.05) is 0 Å². The van der Waals surface area contributed by atoms with Crippen LogP contribution in [0.1, 0.15) is 62.0 Å². The van der Waals surface area contributed by atoms with Crippen LogP contribution in [-0.2, 0) is 5.60 Å². The Hall–Kier alpha value is -0.820. The molecular formula is C15H20O. The molecule has 2 aliphatic rings. The highest BCUT2D eigenvalue weighted by atomic mass is 16.3. The van der Waals surface area contributed by atoms with E-state index in [2.05, 4.69) is 24.3 Å². The van der Waals surface area contributed by atoms with E-state index in [4.69, 9.17) is 0 Å². The highest BCUT2D eigenvalue weighted by molar-refractivity contribution is 5.38. The van der Waals surface area contributed by atoms with Crippen molar-refractivity contribution < 1.29 is 5.11 Å². The van der Waals surface area contributed by atoms with E-state index >= 15 is 0 Å². The second kappa shape index (κ2) is 3.89. The van der Waals surface area contributed by atoms with Gasteiger partial charge in [-0.1, -0.05) is 43.5 Å². The summed E-state index contributed by atoms with van der Waals surface area (Å²) in [5, 5.41) is 10.3. The lowest BCUT2D eigenvalue weighted by molar-refractivity contribution is 0.149. The quantitative estimate of drug-likeness (QED) is 0.799. The van der Waals surface area contributed by atoms with Crippen LogP contribution in [0.5, 0.6) is 0 Å². The molecule has 0 unspecified atom stereocenters. The molecule has 2 aliphatic carbocycles. The van der Waals surface area contributed by atoms with Crippen LogP contribution in [0.3, 0.4) is 0 Å². The van der Waals surface area contributed by atoms with Crippen molar-refractivity contribution in [2.45, 2.75) is 56.5 Å². The molecule has 1 heteroatoms. The van der Waals surface area contributed by atoms with Crippen molar-refractivity contribution in [3.05, 3.63) is 35.4 Å². The van der Waals surface area contributed by atoms with Crippen LogP contribution in [0.2, 0.25) is 0 Å². The molecule has 1 N–H and O–H groups in total. The fourth-order valence-corrected chi connectivity index (χ4v) is 3.08. The van der Waals surface area contributed by atoms with Crippen molar-refractivity contribution >= 4 is 0 Å². The van der Waals surface area contributed by atoms with Gasteiger partial charge < -0.3 is 5.11 Å². The van der Waals surface area contributed by atoms with E-state index in [0.29, 0.717) is 5.92 Å². The fraction of sp³-hybridized carbons (Fsp3) is 0.600. The lowest BCUT2D eigenvalue weighted by atomic mass is 9.81. The molecule has 0 aromatic heterocycles. The Balaban J connectivity index is 1.93. The summed E-state index contributed by atoms with van der Waals surface area (Å²) < 4.78 is 0. The van der Waals surface area contributed by atoms with Crippen molar-refractivity contribution in [3.8, 4) is 0 Å². The predicted octanol–water partition coefficient (Wildman–Crippen LogP) is 3.72. The van der Waals surface area contributed by atoms with E-state index in [1.165, 1.54) is 43.2 Å². The molecule has 0 radical (unpaired) electrons. The molecule has 3 rings (SSSR count). The third-order valence-corrected chi connectivity index (χ3v) is 4.23. The van der Waals surface area contributed by atoms with E-state index in [0.717, 1.165) is 12.8 Å². The first-order chi connectivity index (χ1) is 7.80. The van der Waals surface area contributed by atoms with Crippen molar-refractivity contribution in [1.82, 2.24) is 0 Å². The van der Waals surface area contributed by atoms with Crippen LogP contribution < -0.4 is 0 Å². The van der Waals surface area contributed by atoms with Gasteiger partial charge in [-0.2, -0.15) is 0 Å². The molecule has 0 aliphatic heterocycles. The van der Waals surface area contributed by atoms with Crippen molar-refractivity contribution in [2.24, 2.45) is 0 Å². The van der Waals surface area contributed by atoms with Crippen molar-refractivity contribution in [3.63, 3.8) is 0 Å². The maximum Gasteiger partial charge on any atom is 0.0901 e. The monoisotopic (exact) mass is 216 g/mol. The van der Waals surface area contributed by atoms with E-state index < -0.39 is 5.60 Å². The molecule has 2 saturated carbocycles. The second-order valence-electron chi connectivity index (χ2n) is 5.45. The van der Waals surface area contributed by atoms with Gasteiger partial charge in [-0.15, -0.1) is 0 Å². The Morgan fingerprint density at radius 2 is 1.69 bits per heavy atom. The average molecular weight is 216 g/mol. The maximum atomic E-state index is 10.3. The van der Waals surface area contributed by atoms with Crippen LogP contribution >= 0.6 is 0 Å². The minimum absolute atomic E-state index is 0.464. The van der Waals surface area contributed by atoms with Crippen molar-refractivity contribution in [2.75, 3.05) is 0 Å². The summed E-state index contributed by atoms with van der Waals surface area (Å²) in [6.45, 7) is 0. The highest BCUT2D eigenvalue weighted by Crippen LogP contribution is 2.49. The van der Waals surface area contributed by atoms with Gasteiger partial charge in [0.05, 0.1) is 5.60 Å². The van der Waals surface area contributed by atoms with Gasteiger partial charge in [0.15, 0.2) is 0 Å². The van der Waals surface area contributed by atoms with Gasteiger partial charge >= 0.3 is 0 Å². The van der Waals surface area contributed by atoms with E-state index in [1.807, 2.05) is 0 Å². The Morgan fingerprint density at radius 3 is 2.38 bits per heavy atom. The van der Waals surface area contributed by atoms with Gasteiger partial charge in [0.1, 0.15) is 0 Å². The predicted molar refractivity (Wildman–Crippen MR) is 65.4 cm³/mol. The molecule has 1 aromatic rings. The number of rotatable bonds is 2. The van der Waals surface area contributed by atoms with E-state index in [-0.39, 0.29) is 0 Å². The first kappa shape index (κ1) is 10.3. The molecule has 2 fully saturated rings. The van der Waals surface area contributed by atoms with Crippen LogP contribution in [-0.4, -0.2) is 5.11 Å². The molecular weight excluding hydrogens is 196 g/mol. The molecule has 0 atom stereocenters. The topological polar surface area (TPSA) is 20.2 Å². The zero-order valence-electron chi connectivity index (χ0n) is 9.78. The van der Waals surface area contributed by atoms with E-state index in [1.54, 1.807) is 0 Å². The standard InChI is InChI=1S/C15H20O/c16-15(10-11-15)14-9-5-4-8-13(14)12-6-2-1-3-7-12/h4-5,8-9,12,16H,1-3,6-7,10-11H2. The summed E-state index contributed by atoms with van der Waals surface area (Å²) in [6.07, 6.45) is 8.64. The minimum atomic E-state index is -0.464. The SMILES string of the molecule is OC1(c2ccccc2C2CCCCC2)CC1. The molecule has 1 nitrogen and oxygen atoms in total. The minimum Gasteiger partial charge on any atom is -0.385 e. The molecule has 0 amide bonds. The Kier molecular flexibility index (Phi) is 2.51. The van der Waals surface area contributed by atoms with Gasteiger partial charge in [-0.25, -0.2) is 0 Å². The summed E-state index contributed by atoms with van der Waals surface area (Å²) in [6, 6.07) is 8.57. The zero-order valence-corrected chi connectivity index (χ0v) is 9.78. The third-order valence-electron chi connectivity index (χ3n) is 4.23. The normalized spacial score (nSPS) is 24.3. The summed E-state index contributed by atoms with van der Waals surface area (Å²) in [5.74, 6) is 0.703. The lowest BCUT2D eigenvalue weighted by Gasteiger charge is -2.26. The average Bonchev–Trinajstić information content (AvgIpc) is 3.10. The highest BCUT2D eigenvalue weighted by Gasteiger charge is 2.44. The molecule has 16 heavy (non-hydrogen) atoms. The van der Waals surface area contributed by atoms with Crippen LogP contribution in [0.4, 0.5) is 0 Å². The summed E-state index contributed by atoms with van der Waals surface area (Å²) in [5.41, 5.74) is 2.19. The second-order valence-corrected chi connectivity index (χ2v) is 5.45. The molecule has 0 spiro atoms. The summed E-state index contributed by atoms with van der Waals surface area (Å²) in [4.78, 5) is 0. The van der Waals surface area contributed by atoms with Crippen LogP contribution in [0, 0.1) is 0 Å². The van der Waals surface area contributed by atoms with Gasteiger partial charge in [-0.3, -0.25) is 0 Å². The summed E-state index contributed by atoms with van der Waals surface area (Å²) >= 11 is 0. The first-order valence-corrected chi connectivity index (χ1v) is 6.61. The third kappa shape index (κ3) is 1.78. The molecule has 0 bridgehead atoms. The number of aliphatic hydroxyl groups is 1. The maximum absolute atomic E-state index is 10.3. The molecule has 86 valence electrons. The number of hydrogen-bond donors (Lipinski definition) is 1. The van der Waals surface area contributed by atoms with Gasteiger partial charge in [0.2, 0.25) is 0 Å². The Bertz CT molecular complexity index is 373. The largest absolute Gasteiger partial charge is 0.385 e. The summed E-state index contributed by atoms with van der Waals surface area (Å²) in [7, 11) is 0. The zero-order chi connectivity index (χ0) is 11.0. The van der Waals surface area contributed by atoms with Gasteiger partial charge in [-0.05, 0) is 42.7 Å². The Morgan fingerprint density at radius 1 is 1.00 bits per heavy atom. The van der Waals surface area contributed by atoms with Gasteiger partial charge in [0.25, 0.3) is 0 Å². The fourth-order valence-electron chi connectivity index (χ4n) is 3.08. The smallest absolute Gasteiger partial charge is 0.0901 e. The number of benzene rings is 1. The Labute approximate surface area is 97.5 Å². The van der Waals surface area contributed by atoms with Crippen LogP contribution in [0.25, 0.3) is 0 Å². The number of hydrogen-bond acceptors (Lipinski definition) is 1. The van der Waals surface area contributed by atoms with E-state index in [9.17, 15) is 5.11 Å². The molecule has 0 saturated heterocycles. The molecule has 0 heterocycles. The molecule has 1 aromatic carbocycles. The first-order valence-electron chi connectivity index (χ1n) is 6.61. The lowest BCUT2D eigenvalue weighted by Crippen LogP contribution is -2.13. The van der Waals surface area contributed by atoms with Crippen molar-refractivity contribution in [1.29, 1.82) is 0 Å².